The van der Waals surface area contributed by atoms with Crippen molar-refractivity contribution in [3.05, 3.63) is 18.2 Å². The van der Waals surface area contributed by atoms with Crippen LogP contribution in [0, 0.1) is 0 Å². The summed E-state index contributed by atoms with van der Waals surface area (Å²) in [4.78, 5) is 2.19. The summed E-state index contributed by atoms with van der Waals surface area (Å²) in [5.41, 5.74) is 0.633. The number of hydrogen-bond donors (Lipinski definition) is 2. The van der Waals surface area contributed by atoms with Gasteiger partial charge in [-0.05, 0) is 12.1 Å². The van der Waals surface area contributed by atoms with Crippen molar-refractivity contribution < 1.29 is 9.63 Å². The topological polar surface area (TPSA) is 61.5 Å². The van der Waals surface area contributed by atoms with Gasteiger partial charge in [0, 0.05) is 32.2 Å². The van der Waals surface area contributed by atoms with Crippen LogP contribution < -0.4 is 10.2 Å². The molecule has 1 aliphatic rings. The van der Waals surface area contributed by atoms with E-state index in [0.29, 0.717) is 5.58 Å². The van der Waals surface area contributed by atoms with Crippen molar-refractivity contribution in [1.29, 1.82) is 0 Å². The molecule has 3 rings (SSSR count). The minimum absolute atomic E-state index is 0.204. The molecule has 0 unspecified atom stereocenters. The van der Waals surface area contributed by atoms with Crippen molar-refractivity contribution in [3.8, 4) is 5.75 Å². The fourth-order valence-corrected chi connectivity index (χ4v) is 2.02. The molecule has 2 aromatic rings. The average molecular weight is 219 g/mol. The van der Waals surface area contributed by atoms with Crippen LogP contribution in [-0.4, -0.2) is 36.4 Å². The summed E-state index contributed by atoms with van der Waals surface area (Å²) >= 11 is 0. The van der Waals surface area contributed by atoms with Crippen LogP contribution >= 0.6 is 0 Å². The van der Waals surface area contributed by atoms with Gasteiger partial charge in [0.2, 0.25) is 0 Å². The molecular weight excluding hydrogens is 206 g/mol. The van der Waals surface area contributed by atoms with E-state index < -0.39 is 0 Å². The van der Waals surface area contributed by atoms with E-state index in [9.17, 15) is 5.11 Å². The number of piperazine rings is 1. The van der Waals surface area contributed by atoms with Crippen LogP contribution in [0.4, 0.5) is 5.82 Å². The molecule has 0 aliphatic carbocycles. The average Bonchev–Trinajstić information content (AvgIpc) is 2.73. The summed E-state index contributed by atoms with van der Waals surface area (Å²) in [6.45, 7) is 3.80. The van der Waals surface area contributed by atoms with Gasteiger partial charge in [0.15, 0.2) is 11.4 Å². The molecule has 0 saturated carbocycles. The third-order valence-electron chi connectivity index (χ3n) is 2.85. The molecule has 0 spiro atoms. The SMILES string of the molecule is Oc1ccc2c(N3CCNCC3)noc2c1. The first-order chi connectivity index (χ1) is 7.84. The summed E-state index contributed by atoms with van der Waals surface area (Å²) in [6.07, 6.45) is 0. The van der Waals surface area contributed by atoms with Crippen LogP contribution in [0.25, 0.3) is 11.0 Å². The Bertz CT molecular complexity index is 503. The first-order valence-corrected chi connectivity index (χ1v) is 5.39. The number of phenols is 1. The molecule has 0 amide bonds. The molecule has 1 fully saturated rings. The van der Waals surface area contributed by atoms with Crippen molar-refractivity contribution in [2.45, 2.75) is 0 Å². The van der Waals surface area contributed by atoms with E-state index >= 15 is 0 Å². The zero-order valence-electron chi connectivity index (χ0n) is 8.81. The first kappa shape index (κ1) is 9.47. The smallest absolute Gasteiger partial charge is 0.180 e. The molecule has 2 N–H and O–H groups in total. The minimum Gasteiger partial charge on any atom is -0.508 e. The highest BCUT2D eigenvalue weighted by Crippen LogP contribution is 2.28. The number of nitrogens with one attached hydrogen (secondary N) is 1. The van der Waals surface area contributed by atoms with Crippen LogP contribution in [0.2, 0.25) is 0 Å². The van der Waals surface area contributed by atoms with Crippen LogP contribution in [0.15, 0.2) is 22.7 Å². The Hall–Kier alpha value is -1.75. The van der Waals surface area contributed by atoms with Gasteiger partial charge >= 0.3 is 0 Å². The lowest BCUT2D eigenvalue weighted by Gasteiger charge is -2.26. The Morgan fingerprint density at radius 1 is 1.31 bits per heavy atom. The maximum Gasteiger partial charge on any atom is 0.180 e. The molecular formula is C11H13N3O2. The Morgan fingerprint density at radius 3 is 2.94 bits per heavy atom. The minimum atomic E-state index is 0.204. The maximum atomic E-state index is 9.34. The van der Waals surface area contributed by atoms with Crippen molar-refractivity contribution in [2.24, 2.45) is 0 Å². The Labute approximate surface area is 92.6 Å². The quantitative estimate of drug-likeness (QED) is 0.747. The summed E-state index contributed by atoms with van der Waals surface area (Å²) < 4.78 is 5.21. The highest BCUT2D eigenvalue weighted by molar-refractivity contribution is 5.89. The number of nitrogens with zero attached hydrogens (tertiary/aromatic N) is 2. The third-order valence-corrected chi connectivity index (χ3v) is 2.85. The fraction of sp³-hybridized carbons (Fsp3) is 0.364. The lowest BCUT2D eigenvalue weighted by Crippen LogP contribution is -2.43. The van der Waals surface area contributed by atoms with Crippen LogP contribution in [-0.2, 0) is 0 Å². The zero-order chi connectivity index (χ0) is 11.0. The normalized spacial score (nSPS) is 16.9. The monoisotopic (exact) mass is 219 g/mol. The van der Waals surface area contributed by atoms with Crippen molar-refractivity contribution >= 4 is 16.8 Å². The molecule has 1 saturated heterocycles. The largest absolute Gasteiger partial charge is 0.508 e. The predicted molar refractivity (Wildman–Crippen MR) is 60.8 cm³/mol. The lowest BCUT2D eigenvalue weighted by atomic mass is 10.2. The number of fused-ring (bicyclic) bond motifs is 1. The number of anilines is 1. The predicted octanol–water partition coefficient (Wildman–Crippen LogP) is 0.943. The second-order valence-corrected chi connectivity index (χ2v) is 3.92. The molecule has 1 aromatic carbocycles. The molecule has 0 bridgehead atoms. The molecule has 0 atom stereocenters. The van der Waals surface area contributed by atoms with Gasteiger partial charge in [-0.3, -0.25) is 0 Å². The third kappa shape index (κ3) is 1.49. The first-order valence-electron chi connectivity index (χ1n) is 5.39. The standard InChI is InChI=1S/C11H13N3O2/c15-8-1-2-9-10(7-8)16-13-11(9)14-5-3-12-4-6-14/h1-2,7,12,15H,3-6H2. The van der Waals surface area contributed by atoms with Gasteiger partial charge in [0.1, 0.15) is 5.75 Å². The molecule has 16 heavy (non-hydrogen) atoms. The second kappa shape index (κ2) is 3.68. The lowest BCUT2D eigenvalue weighted by molar-refractivity contribution is 0.445. The molecule has 0 radical (unpaired) electrons. The number of phenolic OH excluding ortho intramolecular Hbond substituents is 1. The van der Waals surface area contributed by atoms with E-state index in [1.54, 1.807) is 12.1 Å². The highest BCUT2D eigenvalue weighted by atomic mass is 16.5. The van der Waals surface area contributed by atoms with Crippen molar-refractivity contribution in [1.82, 2.24) is 10.5 Å². The van der Waals surface area contributed by atoms with E-state index in [1.165, 1.54) is 0 Å². The number of aromatic nitrogens is 1. The number of rotatable bonds is 1. The van der Waals surface area contributed by atoms with Gasteiger partial charge < -0.3 is 19.8 Å². The summed E-state index contributed by atoms with van der Waals surface area (Å²) in [7, 11) is 0. The van der Waals surface area contributed by atoms with Crippen LogP contribution in [0.3, 0.4) is 0 Å². The Kier molecular flexibility index (Phi) is 2.18. The van der Waals surface area contributed by atoms with Crippen LogP contribution in [0.5, 0.6) is 5.75 Å². The van der Waals surface area contributed by atoms with Crippen molar-refractivity contribution in [2.75, 3.05) is 31.1 Å². The fourth-order valence-electron chi connectivity index (χ4n) is 2.02. The van der Waals surface area contributed by atoms with E-state index in [2.05, 4.69) is 15.4 Å². The molecule has 84 valence electrons. The number of aromatic hydroxyl groups is 1. The molecule has 1 aliphatic heterocycles. The van der Waals surface area contributed by atoms with Gasteiger partial charge in [0.05, 0.1) is 5.39 Å². The summed E-state index contributed by atoms with van der Waals surface area (Å²) in [5, 5.41) is 17.7. The number of benzene rings is 1. The zero-order valence-corrected chi connectivity index (χ0v) is 8.81. The van der Waals surface area contributed by atoms with E-state index in [4.69, 9.17) is 4.52 Å². The van der Waals surface area contributed by atoms with Gasteiger partial charge in [-0.1, -0.05) is 5.16 Å². The molecule has 1 aromatic heterocycles. The van der Waals surface area contributed by atoms with Gasteiger partial charge in [-0.15, -0.1) is 0 Å². The highest BCUT2D eigenvalue weighted by Gasteiger charge is 2.17. The maximum absolute atomic E-state index is 9.34. The molecule has 5 heteroatoms. The van der Waals surface area contributed by atoms with E-state index in [0.717, 1.165) is 37.4 Å². The van der Waals surface area contributed by atoms with Crippen molar-refractivity contribution in [3.63, 3.8) is 0 Å². The van der Waals surface area contributed by atoms with E-state index in [1.807, 2.05) is 6.07 Å². The van der Waals surface area contributed by atoms with Gasteiger partial charge in [-0.2, -0.15) is 0 Å². The van der Waals surface area contributed by atoms with Crippen LogP contribution in [0.1, 0.15) is 0 Å². The Morgan fingerprint density at radius 2 is 2.12 bits per heavy atom. The molecule has 2 heterocycles. The number of hydrogen-bond acceptors (Lipinski definition) is 5. The van der Waals surface area contributed by atoms with Gasteiger partial charge in [0.25, 0.3) is 0 Å². The molecule has 5 nitrogen and oxygen atoms in total. The second-order valence-electron chi connectivity index (χ2n) is 3.92. The summed E-state index contributed by atoms with van der Waals surface area (Å²) in [6, 6.07) is 5.10. The van der Waals surface area contributed by atoms with Gasteiger partial charge in [-0.25, -0.2) is 0 Å². The Balaban J connectivity index is 2.03. The summed E-state index contributed by atoms with van der Waals surface area (Å²) in [5.74, 6) is 1.08. The van der Waals surface area contributed by atoms with E-state index in [-0.39, 0.29) is 5.75 Å².